The quantitative estimate of drug-likeness (QED) is 0.693. The second-order valence-corrected chi connectivity index (χ2v) is 4.31. The zero-order valence-electron chi connectivity index (χ0n) is 10.0. The molecule has 0 bridgehead atoms. The highest BCUT2D eigenvalue weighted by atomic mass is 16.2. The summed E-state index contributed by atoms with van der Waals surface area (Å²) in [6, 6.07) is 0.183. The van der Waals surface area contributed by atoms with Gasteiger partial charge in [0.2, 0.25) is 11.8 Å². The molecule has 16 heavy (non-hydrogen) atoms. The van der Waals surface area contributed by atoms with Gasteiger partial charge in [0.25, 0.3) is 0 Å². The van der Waals surface area contributed by atoms with Crippen LogP contribution < -0.4 is 11.1 Å². The number of nitrogens with two attached hydrogens (primary N) is 1. The third-order valence-electron chi connectivity index (χ3n) is 3.12. The van der Waals surface area contributed by atoms with Crippen LogP contribution in [0.4, 0.5) is 0 Å². The molecule has 0 spiro atoms. The van der Waals surface area contributed by atoms with Crippen molar-refractivity contribution in [2.24, 2.45) is 11.7 Å². The SMILES string of the molecule is CCN(CC(N)=O)C(=O)C1CCCNC1C. The Morgan fingerprint density at radius 1 is 1.50 bits per heavy atom. The van der Waals surface area contributed by atoms with E-state index in [0.717, 1.165) is 19.4 Å². The molecular weight excluding hydrogens is 206 g/mol. The van der Waals surface area contributed by atoms with Crippen molar-refractivity contribution < 1.29 is 9.59 Å². The molecule has 1 rings (SSSR count). The smallest absolute Gasteiger partial charge is 0.237 e. The number of hydrogen-bond acceptors (Lipinski definition) is 3. The molecule has 0 aromatic rings. The average Bonchev–Trinajstić information content (AvgIpc) is 2.25. The molecule has 2 unspecified atom stereocenters. The maximum absolute atomic E-state index is 12.2. The van der Waals surface area contributed by atoms with Gasteiger partial charge in [0.15, 0.2) is 0 Å². The predicted octanol–water partition coefficient (Wildman–Crippen LogP) is -0.292. The molecule has 0 aliphatic carbocycles. The van der Waals surface area contributed by atoms with E-state index in [-0.39, 0.29) is 24.4 Å². The maximum atomic E-state index is 12.2. The molecular formula is C11H21N3O2. The maximum Gasteiger partial charge on any atom is 0.237 e. The van der Waals surface area contributed by atoms with Crippen molar-refractivity contribution >= 4 is 11.8 Å². The van der Waals surface area contributed by atoms with Gasteiger partial charge < -0.3 is 16.0 Å². The summed E-state index contributed by atoms with van der Waals surface area (Å²) in [5.74, 6) is -0.430. The highest BCUT2D eigenvalue weighted by Crippen LogP contribution is 2.18. The molecule has 5 heteroatoms. The van der Waals surface area contributed by atoms with Crippen LogP contribution in [0.3, 0.4) is 0 Å². The summed E-state index contributed by atoms with van der Waals surface area (Å²) in [5, 5.41) is 3.28. The van der Waals surface area contributed by atoms with Crippen LogP contribution in [0, 0.1) is 5.92 Å². The Kier molecular flexibility index (Phi) is 4.73. The van der Waals surface area contributed by atoms with Crippen LogP contribution in [0.5, 0.6) is 0 Å². The van der Waals surface area contributed by atoms with Gasteiger partial charge >= 0.3 is 0 Å². The van der Waals surface area contributed by atoms with Crippen molar-refractivity contribution in [2.45, 2.75) is 32.7 Å². The van der Waals surface area contributed by atoms with Gasteiger partial charge in [-0.3, -0.25) is 9.59 Å². The highest BCUT2D eigenvalue weighted by molar-refractivity contribution is 5.85. The average molecular weight is 227 g/mol. The minimum absolute atomic E-state index is 0.0203. The zero-order chi connectivity index (χ0) is 12.1. The number of piperidine rings is 1. The molecule has 3 N–H and O–H groups in total. The summed E-state index contributed by atoms with van der Waals surface area (Å²) in [5.41, 5.74) is 5.12. The van der Waals surface area contributed by atoms with Crippen molar-refractivity contribution in [1.29, 1.82) is 0 Å². The normalized spacial score (nSPS) is 25.1. The summed E-state index contributed by atoms with van der Waals surface area (Å²) in [7, 11) is 0. The van der Waals surface area contributed by atoms with E-state index < -0.39 is 5.91 Å². The van der Waals surface area contributed by atoms with E-state index in [4.69, 9.17) is 5.73 Å². The summed E-state index contributed by atoms with van der Waals surface area (Å²) in [4.78, 5) is 24.5. The fourth-order valence-corrected chi connectivity index (χ4v) is 2.15. The molecule has 0 saturated carbocycles. The molecule has 1 aliphatic heterocycles. The third-order valence-corrected chi connectivity index (χ3v) is 3.12. The monoisotopic (exact) mass is 227 g/mol. The molecule has 1 fully saturated rings. The minimum Gasteiger partial charge on any atom is -0.368 e. The molecule has 0 radical (unpaired) electrons. The van der Waals surface area contributed by atoms with E-state index in [2.05, 4.69) is 5.32 Å². The lowest BCUT2D eigenvalue weighted by Gasteiger charge is -2.32. The van der Waals surface area contributed by atoms with Crippen LogP contribution in [-0.2, 0) is 9.59 Å². The highest BCUT2D eigenvalue weighted by Gasteiger charge is 2.30. The largest absolute Gasteiger partial charge is 0.368 e. The van der Waals surface area contributed by atoms with Gasteiger partial charge in [-0.2, -0.15) is 0 Å². The number of carbonyl (C=O) groups is 2. The lowest BCUT2D eigenvalue weighted by Crippen LogP contribution is -2.49. The standard InChI is InChI=1S/C11H21N3O2/c1-3-14(7-10(12)15)11(16)9-5-4-6-13-8(9)2/h8-9,13H,3-7H2,1-2H3,(H2,12,15). The van der Waals surface area contributed by atoms with Crippen LogP contribution in [0.2, 0.25) is 0 Å². The van der Waals surface area contributed by atoms with Crippen molar-refractivity contribution in [1.82, 2.24) is 10.2 Å². The number of nitrogens with zero attached hydrogens (tertiary/aromatic N) is 1. The molecule has 2 amide bonds. The fraction of sp³-hybridized carbons (Fsp3) is 0.818. The Morgan fingerprint density at radius 2 is 2.19 bits per heavy atom. The van der Waals surface area contributed by atoms with E-state index in [0.29, 0.717) is 6.54 Å². The Morgan fingerprint density at radius 3 is 2.69 bits per heavy atom. The van der Waals surface area contributed by atoms with Gasteiger partial charge in [-0.05, 0) is 33.2 Å². The summed E-state index contributed by atoms with van der Waals surface area (Å²) >= 11 is 0. The van der Waals surface area contributed by atoms with E-state index in [1.165, 1.54) is 4.90 Å². The summed E-state index contributed by atoms with van der Waals surface area (Å²) in [6.07, 6.45) is 1.90. The van der Waals surface area contributed by atoms with Gasteiger partial charge in [0.1, 0.15) is 0 Å². The van der Waals surface area contributed by atoms with Gasteiger partial charge in [-0.1, -0.05) is 0 Å². The van der Waals surface area contributed by atoms with Gasteiger partial charge in [0.05, 0.1) is 12.5 Å². The lowest BCUT2D eigenvalue weighted by molar-refractivity contribution is -0.140. The molecule has 2 atom stereocenters. The van der Waals surface area contributed by atoms with E-state index >= 15 is 0 Å². The molecule has 5 nitrogen and oxygen atoms in total. The molecule has 1 saturated heterocycles. The number of nitrogens with one attached hydrogen (secondary N) is 1. The van der Waals surface area contributed by atoms with Gasteiger partial charge in [-0.15, -0.1) is 0 Å². The molecule has 92 valence electrons. The van der Waals surface area contributed by atoms with Crippen molar-refractivity contribution in [3.8, 4) is 0 Å². The fourth-order valence-electron chi connectivity index (χ4n) is 2.15. The Hall–Kier alpha value is -1.10. The molecule has 0 aromatic heterocycles. The first-order valence-electron chi connectivity index (χ1n) is 5.86. The molecule has 0 aromatic carbocycles. The minimum atomic E-state index is -0.452. The van der Waals surface area contributed by atoms with Gasteiger partial charge in [-0.25, -0.2) is 0 Å². The number of amides is 2. The van der Waals surface area contributed by atoms with Gasteiger partial charge in [0, 0.05) is 12.6 Å². The van der Waals surface area contributed by atoms with E-state index in [1.807, 2.05) is 13.8 Å². The van der Waals surface area contributed by atoms with Crippen LogP contribution in [0.25, 0.3) is 0 Å². The Bertz CT molecular complexity index is 268. The zero-order valence-corrected chi connectivity index (χ0v) is 10.0. The van der Waals surface area contributed by atoms with E-state index in [1.54, 1.807) is 0 Å². The Labute approximate surface area is 96.4 Å². The van der Waals surface area contributed by atoms with E-state index in [9.17, 15) is 9.59 Å². The number of primary amides is 1. The topological polar surface area (TPSA) is 75.4 Å². The number of carbonyl (C=O) groups excluding carboxylic acids is 2. The lowest BCUT2D eigenvalue weighted by atomic mass is 9.90. The van der Waals surface area contributed by atoms with Crippen molar-refractivity contribution in [3.05, 3.63) is 0 Å². The summed E-state index contributed by atoms with van der Waals surface area (Å²) in [6.45, 7) is 5.40. The first kappa shape index (κ1) is 13.0. The third kappa shape index (κ3) is 3.20. The van der Waals surface area contributed by atoms with Crippen LogP contribution in [0.1, 0.15) is 26.7 Å². The first-order chi connectivity index (χ1) is 7.56. The second kappa shape index (κ2) is 5.84. The predicted molar refractivity (Wildman–Crippen MR) is 61.6 cm³/mol. The Balaban J connectivity index is 2.62. The van der Waals surface area contributed by atoms with Crippen LogP contribution in [0.15, 0.2) is 0 Å². The van der Waals surface area contributed by atoms with Crippen LogP contribution in [-0.4, -0.2) is 42.4 Å². The first-order valence-corrected chi connectivity index (χ1v) is 5.86. The molecule has 1 heterocycles. The second-order valence-electron chi connectivity index (χ2n) is 4.31. The summed E-state index contributed by atoms with van der Waals surface area (Å²) < 4.78 is 0. The van der Waals surface area contributed by atoms with Crippen molar-refractivity contribution in [3.63, 3.8) is 0 Å². The van der Waals surface area contributed by atoms with Crippen molar-refractivity contribution in [2.75, 3.05) is 19.6 Å². The van der Waals surface area contributed by atoms with Crippen LogP contribution >= 0.6 is 0 Å². The number of hydrogen-bond donors (Lipinski definition) is 2. The molecule has 1 aliphatic rings. The number of likely N-dealkylation sites (N-methyl/N-ethyl adjacent to an activating group) is 1. The number of rotatable bonds is 4.